The monoisotopic (exact) mass is 209 g/mol. The number of para-hydroxylation sites is 1. The van der Waals surface area contributed by atoms with Crippen LogP contribution in [0.4, 0.5) is 5.69 Å². The van der Waals surface area contributed by atoms with Gasteiger partial charge in [-0.2, -0.15) is 0 Å². The number of carbonyl (C=O) groups excluding carboxylic acids is 1. The van der Waals surface area contributed by atoms with Gasteiger partial charge in [-0.25, -0.2) is 0 Å². The summed E-state index contributed by atoms with van der Waals surface area (Å²) in [5.74, 6) is 0. The molecule has 0 radical (unpaired) electrons. The van der Waals surface area contributed by atoms with Gasteiger partial charge in [0, 0.05) is 24.3 Å². The van der Waals surface area contributed by atoms with E-state index in [-0.39, 0.29) is 13.2 Å². The number of aliphatic hydroxyl groups excluding tert-OH is 2. The fourth-order valence-electron chi connectivity index (χ4n) is 1.47. The molecular formula is C11H15NO3. The first-order valence-electron chi connectivity index (χ1n) is 4.84. The number of benzene rings is 1. The van der Waals surface area contributed by atoms with Crippen LogP contribution >= 0.6 is 0 Å². The molecule has 2 N–H and O–H groups in total. The third kappa shape index (κ3) is 3.04. The molecule has 0 saturated heterocycles. The van der Waals surface area contributed by atoms with Crippen molar-refractivity contribution >= 4 is 12.0 Å². The number of hydrogen-bond acceptors (Lipinski definition) is 4. The third-order valence-corrected chi connectivity index (χ3v) is 2.14. The van der Waals surface area contributed by atoms with Gasteiger partial charge in [-0.15, -0.1) is 0 Å². The first-order chi connectivity index (χ1) is 7.33. The number of rotatable bonds is 6. The number of hydrogen-bond donors (Lipinski definition) is 2. The molecule has 0 heterocycles. The smallest absolute Gasteiger partial charge is 0.152 e. The molecule has 0 aliphatic heterocycles. The van der Waals surface area contributed by atoms with Crippen LogP contribution in [-0.2, 0) is 0 Å². The average molecular weight is 209 g/mol. The molecule has 0 fully saturated rings. The molecule has 0 bridgehead atoms. The maximum Gasteiger partial charge on any atom is 0.152 e. The van der Waals surface area contributed by atoms with E-state index in [2.05, 4.69) is 0 Å². The maximum absolute atomic E-state index is 10.8. The summed E-state index contributed by atoms with van der Waals surface area (Å²) in [7, 11) is 0. The summed E-state index contributed by atoms with van der Waals surface area (Å²) in [6, 6.07) is 7.12. The molecule has 82 valence electrons. The van der Waals surface area contributed by atoms with E-state index in [4.69, 9.17) is 10.2 Å². The fraction of sp³-hybridized carbons (Fsp3) is 0.364. The Balaban J connectivity index is 2.92. The Kier molecular flexibility index (Phi) is 4.80. The van der Waals surface area contributed by atoms with Crippen molar-refractivity contribution in [2.75, 3.05) is 31.2 Å². The van der Waals surface area contributed by atoms with E-state index in [9.17, 15) is 4.79 Å². The number of aliphatic hydroxyl groups is 2. The molecule has 0 aliphatic rings. The minimum absolute atomic E-state index is 0.00675. The molecule has 4 heteroatoms. The zero-order chi connectivity index (χ0) is 11.1. The molecule has 0 amide bonds. The van der Waals surface area contributed by atoms with E-state index in [1.807, 2.05) is 6.07 Å². The van der Waals surface area contributed by atoms with Crippen molar-refractivity contribution in [2.24, 2.45) is 0 Å². The molecule has 0 atom stereocenters. The van der Waals surface area contributed by atoms with Gasteiger partial charge in [-0.05, 0) is 12.1 Å². The maximum atomic E-state index is 10.8. The van der Waals surface area contributed by atoms with Gasteiger partial charge in [0.2, 0.25) is 0 Å². The molecule has 1 aromatic carbocycles. The van der Waals surface area contributed by atoms with Crippen LogP contribution in [0.15, 0.2) is 24.3 Å². The Morgan fingerprint density at radius 1 is 1.13 bits per heavy atom. The highest BCUT2D eigenvalue weighted by molar-refractivity contribution is 5.84. The van der Waals surface area contributed by atoms with Crippen molar-refractivity contribution in [1.82, 2.24) is 0 Å². The first kappa shape index (κ1) is 11.7. The number of aldehydes is 1. The molecule has 15 heavy (non-hydrogen) atoms. The van der Waals surface area contributed by atoms with Crippen LogP contribution in [0.25, 0.3) is 0 Å². The van der Waals surface area contributed by atoms with E-state index in [1.54, 1.807) is 23.1 Å². The molecule has 1 rings (SSSR count). The van der Waals surface area contributed by atoms with Crippen molar-refractivity contribution in [2.45, 2.75) is 0 Å². The Hall–Kier alpha value is -1.39. The van der Waals surface area contributed by atoms with E-state index < -0.39 is 0 Å². The minimum Gasteiger partial charge on any atom is -0.395 e. The lowest BCUT2D eigenvalue weighted by Crippen LogP contribution is -2.30. The van der Waals surface area contributed by atoms with Crippen molar-refractivity contribution in [3.05, 3.63) is 29.8 Å². The van der Waals surface area contributed by atoms with Crippen molar-refractivity contribution in [3.63, 3.8) is 0 Å². The first-order valence-corrected chi connectivity index (χ1v) is 4.84. The number of anilines is 1. The average Bonchev–Trinajstić information content (AvgIpc) is 2.29. The Morgan fingerprint density at radius 3 is 2.27 bits per heavy atom. The molecule has 1 aromatic rings. The number of carbonyl (C=O) groups is 1. The van der Waals surface area contributed by atoms with E-state index in [0.29, 0.717) is 18.7 Å². The Morgan fingerprint density at radius 2 is 1.73 bits per heavy atom. The lowest BCUT2D eigenvalue weighted by atomic mass is 10.1. The van der Waals surface area contributed by atoms with Crippen LogP contribution in [0.1, 0.15) is 10.4 Å². The molecule has 0 unspecified atom stereocenters. The molecule has 0 aromatic heterocycles. The largest absolute Gasteiger partial charge is 0.395 e. The summed E-state index contributed by atoms with van der Waals surface area (Å²) < 4.78 is 0. The summed E-state index contributed by atoms with van der Waals surface area (Å²) in [5, 5.41) is 17.8. The van der Waals surface area contributed by atoms with E-state index in [0.717, 1.165) is 12.0 Å². The molecule has 4 nitrogen and oxygen atoms in total. The van der Waals surface area contributed by atoms with Crippen molar-refractivity contribution in [1.29, 1.82) is 0 Å². The second-order valence-corrected chi connectivity index (χ2v) is 3.11. The van der Waals surface area contributed by atoms with Gasteiger partial charge in [0.05, 0.1) is 13.2 Å². The summed E-state index contributed by atoms with van der Waals surface area (Å²) in [6.45, 7) is 0.803. The summed E-state index contributed by atoms with van der Waals surface area (Å²) in [6.07, 6.45) is 0.775. The van der Waals surface area contributed by atoms with Gasteiger partial charge in [0.1, 0.15) is 0 Å². The molecule has 0 spiro atoms. The van der Waals surface area contributed by atoms with Gasteiger partial charge >= 0.3 is 0 Å². The lowest BCUT2D eigenvalue weighted by Gasteiger charge is -2.24. The van der Waals surface area contributed by atoms with Gasteiger partial charge in [0.15, 0.2) is 6.29 Å². The van der Waals surface area contributed by atoms with Crippen molar-refractivity contribution in [3.8, 4) is 0 Å². The Labute approximate surface area is 88.8 Å². The highest BCUT2D eigenvalue weighted by Crippen LogP contribution is 2.17. The van der Waals surface area contributed by atoms with Gasteiger partial charge in [-0.3, -0.25) is 4.79 Å². The second-order valence-electron chi connectivity index (χ2n) is 3.11. The summed E-state index contributed by atoms with van der Waals surface area (Å²) in [4.78, 5) is 12.6. The van der Waals surface area contributed by atoms with Crippen LogP contribution in [0.3, 0.4) is 0 Å². The topological polar surface area (TPSA) is 60.8 Å². The van der Waals surface area contributed by atoms with Crippen LogP contribution in [0.2, 0.25) is 0 Å². The third-order valence-electron chi connectivity index (χ3n) is 2.14. The highest BCUT2D eigenvalue weighted by atomic mass is 16.3. The van der Waals surface area contributed by atoms with E-state index >= 15 is 0 Å². The van der Waals surface area contributed by atoms with Crippen LogP contribution in [-0.4, -0.2) is 42.8 Å². The highest BCUT2D eigenvalue weighted by Gasteiger charge is 2.08. The Bertz CT molecular complexity index is 308. The minimum atomic E-state index is -0.00675. The SMILES string of the molecule is O=Cc1ccccc1N(CCO)CCO. The van der Waals surface area contributed by atoms with E-state index in [1.165, 1.54) is 0 Å². The molecule has 0 aliphatic carbocycles. The zero-order valence-corrected chi connectivity index (χ0v) is 8.47. The predicted octanol–water partition coefficient (Wildman–Crippen LogP) is 0.290. The standard InChI is InChI=1S/C11H15NO3/c13-7-5-12(6-8-14)11-4-2-1-3-10(11)9-15/h1-4,9,13-14H,5-8H2. The summed E-state index contributed by atoms with van der Waals surface area (Å²) in [5.41, 5.74) is 1.31. The summed E-state index contributed by atoms with van der Waals surface area (Å²) >= 11 is 0. The van der Waals surface area contributed by atoms with Gasteiger partial charge < -0.3 is 15.1 Å². The molecule has 0 saturated carbocycles. The zero-order valence-electron chi connectivity index (χ0n) is 8.47. The molecular weight excluding hydrogens is 194 g/mol. The predicted molar refractivity (Wildman–Crippen MR) is 58.2 cm³/mol. The normalized spacial score (nSPS) is 10.0. The lowest BCUT2D eigenvalue weighted by molar-refractivity contribution is 0.112. The van der Waals surface area contributed by atoms with Crippen molar-refractivity contribution < 1.29 is 15.0 Å². The quantitative estimate of drug-likeness (QED) is 0.661. The fourth-order valence-corrected chi connectivity index (χ4v) is 1.47. The number of nitrogens with zero attached hydrogens (tertiary/aromatic N) is 1. The second kappa shape index (κ2) is 6.16. The van der Waals surface area contributed by atoms with Crippen LogP contribution in [0, 0.1) is 0 Å². The van der Waals surface area contributed by atoms with Crippen LogP contribution in [0.5, 0.6) is 0 Å². The van der Waals surface area contributed by atoms with Gasteiger partial charge in [0.25, 0.3) is 0 Å². The van der Waals surface area contributed by atoms with Gasteiger partial charge in [-0.1, -0.05) is 12.1 Å². The van der Waals surface area contributed by atoms with Crippen LogP contribution < -0.4 is 4.90 Å².